The Morgan fingerprint density at radius 1 is 0.917 bits per heavy atom. The third kappa shape index (κ3) is 13.5. The second kappa shape index (κ2) is 15.6. The van der Waals surface area contributed by atoms with Crippen molar-refractivity contribution in [3.05, 3.63) is 24.3 Å². The first-order chi connectivity index (χ1) is 11.6. The Labute approximate surface area is 147 Å². The van der Waals surface area contributed by atoms with Crippen molar-refractivity contribution >= 4 is 13.6 Å². The summed E-state index contributed by atoms with van der Waals surface area (Å²) in [5.41, 5.74) is 0. The van der Waals surface area contributed by atoms with E-state index in [1.54, 1.807) is 0 Å². The van der Waals surface area contributed by atoms with Crippen LogP contribution in [-0.4, -0.2) is 32.5 Å². The van der Waals surface area contributed by atoms with Crippen molar-refractivity contribution in [3.8, 4) is 0 Å². The number of unbranched alkanes of at least 4 members (excludes halogenated alkanes) is 5. The van der Waals surface area contributed by atoms with Crippen molar-refractivity contribution in [1.82, 2.24) is 0 Å². The zero-order valence-electron chi connectivity index (χ0n) is 15.4. The minimum atomic E-state index is -2.96. The average molecular weight is 360 g/mol. The van der Waals surface area contributed by atoms with E-state index in [1.807, 2.05) is 32.1 Å². The van der Waals surface area contributed by atoms with Crippen LogP contribution in [0.3, 0.4) is 0 Å². The van der Waals surface area contributed by atoms with Gasteiger partial charge in [0.05, 0.1) is 26.5 Å². The van der Waals surface area contributed by atoms with Gasteiger partial charge in [-0.15, -0.1) is 0 Å². The molecule has 0 aromatic rings. The van der Waals surface area contributed by atoms with Gasteiger partial charge >= 0.3 is 13.6 Å². The molecule has 0 saturated heterocycles. The van der Waals surface area contributed by atoms with Crippen LogP contribution in [-0.2, 0) is 23.1 Å². The summed E-state index contributed by atoms with van der Waals surface area (Å²) in [6.07, 6.45) is 15.1. The second-order valence-electron chi connectivity index (χ2n) is 5.37. The highest BCUT2D eigenvalue weighted by Gasteiger charge is 2.20. The summed E-state index contributed by atoms with van der Waals surface area (Å²) < 4.78 is 27.2. The van der Waals surface area contributed by atoms with Gasteiger partial charge in [-0.3, -0.25) is 9.36 Å². The number of hydrogen-bond donors (Lipinski definition) is 0. The normalized spacial score (nSPS) is 12.3. The van der Waals surface area contributed by atoms with Gasteiger partial charge in [0.15, 0.2) is 0 Å². The van der Waals surface area contributed by atoms with Gasteiger partial charge in [0.1, 0.15) is 0 Å². The van der Waals surface area contributed by atoms with Crippen LogP contribution < -0.4 is 0 Å². The summed E-state index contributed by atoms with van der Waals surface area (Å²) in [7, 11) is -1.53. The van der Waals surface area contributed by atoms with Crippen LogP contribution in [0.2, 0.25) is 0 Å². The molecular formula is C18H33O5P. The number of carbonyl (C=O) groups excluding carboxylic acids is 1. The number of rotatable bonds is 15. The molecule has 0 heterocycles. The topological polar surface area (TPSA) is 61.8 Å². The van der Waals surface area contributed by atoms with Crippen molar-refractivity contribution in [3.63, 3.8) is 0 Å². The van der Waals surface area contributed by atoms with Gasteiger partial charge < -0.3 is 13.8 Å². The van der Waals surface area contributed by atoms with Crippen LogP contribution in [0.4, 0.5) is 0 Å². The van der Waals surface area contributed by atoms with Gasteiger partial charge in [0.2, 0.25) is 0 Å². The monoisotopic (exact) mass is 360 g/mol. The van der Waals surface area contributed by atoms with E-state index in [2.05, 4.69) is 10.8 Å². The Balaban J connectivity index is 3.67. The molecule has 0 atom stereocenters. The van der Waals surface area contributed by atoms with E-state index in [1.165, 1.54) is 13.5 Å². The fourth-order valence-corrected chi connectivity index (χ4v) is 3.60. The predicted octanol–water partition coefficient (Wildman–Crippen LogP) is 5.27. The molecule has 140 valence electrons. The molecule has 0 saturated carbocycles. The highest BCUT2D eigenvalue weighted by molar-refractivity contribution is 7.54. The van der Waals surface area contributed by atoms with Gasteiger partial charge in [-0.25, -0.2) is 0 Å². The van der Waals surface area contributed by atoms with Crippen molar-refractivity contribution in [2.45, 2.75) is 58.8 Å². The van der Waals surface area contributed by atoms with Crippen LogP contribution in [0.1, 0.15) is 58.8 Å². The predicted molar refractivity (Wildman–Crippen MR) is 98.3 cm³/mol. The number of carbonyl (C=O) groups is 1. The maximum atomic E-state index is 12.2. The molecule has 0 aliphatic carbocycles. The first-order valence-corrected chi connectivity index (χ1v) is 10.6. The van der Waals surface area contributed by atoms with E-state index < -0.39 is 7.60 Å². The minimum Gasteiger partial charge on any atom is -0.469 e. The molecule has 0 amide bonds. The number of ether oxygens (including phenoxy) is 1. The molecule has 0 aliphatic heterocycles. The van der Waals surface area contributed by atoms with E-state index in [0.717, 1.165) is 32.1 Å². The maximum absolute atomic E-state index is 12.2. The van der Waals surface area contributed by atoms with Crippen molar-refractivity contribution < 1.29 is 23.1 Å². The zero-order valence-corrected chi connectivity index (χ0v) is 16.3. The largest absolute Gasteiger partial charge is 0.469 e. The Morgan fingerprint density at radius 2 is 1.50 bits per heavy atom. The molecule has 0 fully saturated rings. The van der Waals surface area contributed by atoms with Gasteiger partial charge in [-0.2, -0.15) is 0 Å². The van der Waals surface area contributed by atoms with E-state index in [9.17, 15) is 9.36 Å². The second-order valence-corrected chi connectivity index (χ2v) is 7.47. The number of esters is 1. The highest BCUT2D eigenvalue weighted by atomic mass is 31.2. The summed E-state index contributed by atoms with van der Waals surface area (Å²) in [6, 6.07) is 0. The molecule has 0 bridgehead atoms. The Morgan fingerprint density at radius 3 is 2.12 bits per heavy atom. The summed E-state index contributed by atoms with van der Waals surface area (Å²) in [5.74, 6) is -0.122. The van der Waals surface area contributed by atoms with Gasteiger partial charge in [-0.05, 0) is 33.1 Å². The molecular weight excluding hydrogens is 327 g/mol. The van der Waals surface area contributed by atoms with Crippen LogP contribution >= 0.6 is 7.60 Å². The lowest BCUT2D eigenvalue weighted by atomic mass is 10.1. The fraction of sp³-hybridized carbons (Fsp3) is 0.722. The lowest BCUT2D eigenvalue weighted by Gasteiger charge is -2.14. The standard InChI is InChI=1S/C18H33O5P/c1-4-22-24(20,23-5-2)17-15-13-11-9-7-6-8-10-12-14-16-18(19)21-3/h9,11,13,15H,4-8,10,12,14,16-17H2,1-3H3/b11-9+,15-13+. The summed E-state index contributed by atoms with van der Waals surface area (Å²) in [5, 5.41) is 0. The summed E-state index contributed by atoms with van der Waals surface area (Å²) >= 11 is 0. The molecule has 0 unspecified atom stereocenters. The first-order valence-electron chi connectivity index (χ1n) is 8.84. The molecule has 0 radical (unpaired) electrons. The van der Waals surface area contributed by atoms with Gasteiger partial charge in [0.25, 0.3) is 0 Å². The quantitative estimate of drug-likeness (QED) is 0.172. The Bertz CT molecular complexity index is 408. The maximum Gasteiger partial charge on any atom is 0.334 e. The van der Waals surface area contributed by atoms with Gasteiger partial charge in [0, 0.05) is 6.42 Å². The molecule has 0 aliphatic rings. The van der Waals surface area contributed by atoms with Crippen molar-refractivity contribution in [1.29, 1.82) is 0 Å². The molecule has 0 aromatic carbocycles. The number of hydrogen-bond acceptors (Lipinski definition) is 5. The fourth-order valence-electron chi connectivity index (χ4n) is 2.14. The molecule has 5 nitrogen and oxygen atoms in total. The number of methoxy groups -OCH3 is 1. The molecule has 0 N–H and O–H groups in total. The lowest BCUT2D eigenvalue weighted by molar-refractivity contribution is -0.140. The van der Waals surface area contributed by atoms with Crippen LogP contribution in [0.25, 0.3) is 0 Å². The zero-order chi connectivity index (χ0) is 18.1. The summed E-state index contributed by atoms with van der Waals surface area (Å²) in [4.78, 5) is 10.9. The van der Waals surface area contributed by atoms with Crippen molar-refractivity contribution in [2.75, 3.05) is 26.5 Å². The molecule has 0 aromatic heterocycles. The number of allylic oxidation sites excluding steroid dienone is 4. The van der Waals surface area contributed by atoms with E-state index in [-0.39, 0.29) is 5.97 Å². The van der Waals surface area contributed by atoms with Gasteiger partial charge in [-0.1, -0.05) is 43.6 Å². The third-order valence-electron chi connectivity index (χ3n) is 3.34. The highest BCUT2D eigenvalue weighted by Crippen LogP contribution is 2.47. The SMILES string of the molecule is CCOP(=O)(C/C=C/C=C/CCCCCCCC(=O)OC)OCC. The molecule has 0 rings (SSSR count). The van der Waals surface area contributed by atoms with E-state index >= 15 is 0 Å². The van der Waals surface area contributed by atoms with Crippen molar-refractivity contribution in [2.24, 2.45) is 0 Å². The summed E-state index contributed by atoms with van der Waals surface area (Å²) in [6.45, 7) is 4.40. The smallest absolute Gasteiger partial charge is 0.334 e. The Hall–Kier alpha value is -0.900. The third-order valence-corrected chi connectivity index (χ3v) is 5.30. The van der Waals surface area contributed by atoms with Crippen LogP contribution in [0.15, 0.2) is 24.3 Å². The van der Waals surface area contributed by atoms with E-state index in [4.69, 9.17) is 9.05 Å². The average Bonchev–Trinajstić information content (AvgIpc) is 2.56. The van der Waals surface area contributed by atoms with Crippen LogP contribution in [0.5, 0.6) is 0 Å². The molecule has 0 spiro atoms. The van der Waals surface area contributed by atoms with Crippen LogP contribution in [0, 0.1) is 0 Å². The first kappa shape index (κ1) is 23.1. The molecule has 6 heteroatoms. The van der Waals surface area contributed by atoms with E-state index in [0.29, 0.717) is 25.8 Å². The molecule has 24 heavy (non-hydrogen) atoms. The Kier molecular flexibility index (Phi) is 15.0. The minimum absolute atomic E-state index is 0.122. The lowest BCUT2D eigenvalue weighted by Crippen LogP contribution is -1.99.